The Balaban J connectivity index is 2.12. The second-order valence-corrected chi connectivity index (χ2v) is 3.88. The molecule has 2 aromatic heterocycles. The molecule has 5 nitrogen and oxygen atoms in total. The van der Waals surface area contributed by atoms with Crippen molar-refractivity contribution in [3.05, 3.63) is 65.0 Å². The van der Waals surface area contributed by atoms with Gasteiger partial charge in [-0.3, -0.25) is 0 Å². The van der Waals surface area contributed by atoms with Gasteiger partial charge in [-0.2, -0.15) is 0 Å². The van der Waals surface area contributed by atoms with E-state index in [0.29, 0.717) is 0 Å². The Kier molecular flexibility index (Phi) is 2.30. The Hall–Kier alpha value is -2.69. The molecule has 0 aliphatic carbocycles. The van der Waals surface area contributed by atoms with Gasteiger partial charge in [-0.1, -0.05) is 18.2 Å². The molecule has 0 saturated carbocycles. The van der Waals surface area contributed by atoms with Crippen LogP contribution < -0.4 is 0 Å². The van der Waals surface area contributed by atoms with Crippen LogP contribution in [-0.2, 0) is 0 Å². The third-order valence-corrected chi connectivity index (χ3v) is 2.80. The van der Waals surface area contributed by atoms with Crippen molar-refractivity contribution >= 4 is 16.7 Å². The molecule has 0 saturated heterocycles. The van der Waals surface area contributed by atoms with Gasteiger partial charge in [-0.05, 0) is 33.5 Å². The minimum atomic E-state index is -0.502. The quantitative estimate of drug-likeness (QED) is 0.510. The normalized spacial score (nSPS) is 10.7. The van der Waals surface area contributed by atoms with Crippen molar-refractivity contribution in [2.45, 2.75) is 0 Å². The maximum atomic E-state index is 10.5. The van der Waals surface area contributed by atoms with Gasteiger partial charge in [-0.15, -0.1) is 0 Å². The van der Waals surface area contributed by atoms with Crippen molar-refractivity contribution < 1.29 is 4.92 Å². The zero-order chi connectivity index (χ0) is 12.5. The second-order valence-electron chi connectivity index (χ2n) is 3.88. The van der Waals surface area contributed by atoms with Crippen molar-refractivity contribution in [2.24, 2.45) is 0 Å². The van der Waals surface area contributed by atoms with Gasteiger partial charge in [0.15, 0.2) is 6.20 Å². The number of nitro groups is 1. The van der Waals surface area contributed by atoms with Gasteiger partial charge in [0.25, 0.3) is 0 Å². The summed E-state index contributed by atoms with van der Waals surface area (Å²) in [5.74, 6) is -0.143. The van der Waals surface area contributed by atoms with Crippen molar-refractivity contribution in [3.8, 4) is 5.69 Å². The summed E-state index contributed by atoms with van der Waals surface area (Å²) in [6, 6.07) is 13.0. The van der Waals surface area contributed by atoms with Crippen molar-refractivity contribution in [2.75, 3.05) is 0 Å². The molecule has 0 N–H and O–H groups in total. The van der Waals surface area contributed by atoms with E-state index in [1.165, 1.54) is 12.3 Å². The largest absolute Gasteiger partial charge is 0.363 e. The highest BCUT2D eigenvalue weighted by Crippen LogP contribution is 2.20. The SMILES string of the molecule is O=[N+]([O-])c1ccc(-n2ccc3ccccc32)cn1. The number of pyridine rings is 1. The molecule has 0 fully saturated rings. The maximum absolute atomic E-state index is 10.5. The minimum absolute atomic E-state index is 0.143. The summed E-state index contributed by atoms with van der Waals surface area (Å²) in [5, 5.41) is 11.7. The third-order valence-electron chi connectivity index (χ3n) is 2.80. The van der Waals surface area contributed by atoms with Crippen LogP contribution in [0.15, 0.2) is 54.9 Å². The second kappa shape index (κ2) is 3.96. The molecule has 1 aromatic carbocycles. The highest BCUT2D eigenvalue weighted by atomic mass is 16.6. The monoisotopic (exact) mass is 239 g/mol. The Morgan fingerprint density at radius 3 is 2.67 bits per heavy atom. The predicted octanol–water partition coefficient (Wildman–Crippen LogP) is 2.93. The summed E-state index contributed by atoms with van der Waals surface area (Å²) >= 11 is 0. The minimum Gasteiger partial charge on any atom is -0.358 e. The number of benzene rings is 1. The molecular formula is C13H9N3O2. The first-order valence-corrected chi connectivity index (χ1v) is 5.42. The van der Waals surface area contributed by atoms with Crippen LogP contribution >= 0.6 is 0 Å². The van der Waals surface area contributed by atoms with Crippen LogP contribution in [-0.4, -0.2) is 14.5 Å². The first-order valence-electron chi connectivity index (χ1n) is 5.42. The van der Waals surface area contributed by atoms with Gasteiger partial charge in [0.1, 0.15) is 0 Å². The molecule has 3 aromatic rings. The molecule has 0 bridgehead atoms. The van der Waals surface area contributed by atoms with Crippen LogP contribution in [0.25, 0.3) is 16.6 Å². The first kappa shape index (κ1) is 10.5. The van der Waals surface area contributed by atoms with E-state index in [1.54, 1.807) is 6.07 Å². The molecule has 3 rings (SSSR count). The zero-order valence-corrected chi connectivity index (χ0v) is 9.35. The van der Waals surface area contributed by atoms with E-state index < -0.39 is 4.92 Å². The fourth-order valence-electron chi connectivity index (χ4n) is 1.94. The van der Waals surface area contributed by atoms with Gasteiger partial charge in [0.2, 0.25) is 0 Å². The number of para-hydroxylation sites is 1. The fourth-order valence-corrected chi connectivity index (χ4v) is 1.94. The van der Waals surface area contributed by atoms with Crippen LogP contribution in [0.3, 0.4) is 0 Å². The van der Waals surface area contributed by atoms with Crippen molar-refractivity contribution in [1.82, 2.24) is 9.55 Å². The van der Waals surface area contributed by atoms with Crippen LogP contribution in [0.1, 0.15) is 0 Å². The van der Waals surface area contributed by atoms with Crippen LogP contribution in [0, 0.1) is 10.1 Å². The van der Waals surface area contributed by atoms with Crippen molar-refractivity contribution in [1.29, 1.82) is 0 Å². The third kappa shape index (κ3) is 1.62. The lowest BCUT2D eigenvalue weighted by Crippen LogP contribution is -1.95. The molecule has 0 amide bonds. The summed E-state index contributed by atoms with van der Waals surface area (Å²) in [6.45, 7) is 0. The molecule has 0 unspecified atom stereocenters. The molecule has 0 atom stereocenters. The van der Waals surface area contributed by atoms with Gasteiger partial charge >= 0.3 is 5.82 Å². The Morgan fingerprint density at radius 2 is 1.94 bits per heavy atom. The molecule has 5 heteroatoms. The Bertz CT molecular complexity index is 716. The number of rotatable bonds is 2. The lowest BCUT2D eigenvalue weighted by Gasteiger charge is -2.02. The summed E-state index contributed by atoms with van der Waals surface area (Å²) in [6.07, 6.45) is 3.43. The van der Waals surface area contributed by atoms with E-state index in [4.69, 9.17) is 0 Å². The van der Waals surface area contributed by atoms with E-state index >= 15 is 0 Å². The maximum Gasteiger partial charge on any atom is 0.363 e. The summed E-state index contributed by atoms with van der Waals surface area (Å²) in [4.78, 5) is 13.9. The molecule has 0 aliphatic heterocycles. The van der Waals surface area contributed by atoms with E-state index in [0.717, 1.165) is 16.6 Å². The Labute approximate surface area is 102 Å². The zero-order valence-electron chi connectivity index (χ0n) is 9.35. The number of hydrogen-bond acceptors (Lipinski definition) is 3. The van der Waals surface area contributed by atoms with E-state index in [1.807, 2.05) is 41.1 Å². The van der Waals surface area contributed by atoms with E-state index in [9.17, 15) is 10.1 Å². The van der Waals surface area contributed by atoms with Crippen LogP contribution in [0.2, 0.25) is 0 Å². The first-order chi connectivity index (χ1) is 8.75. The number of nitrogens with zero attached hydrogens (tertiary/aromatic N) is 3. The molecule has 0 spiro atoms. The summed E-state index contributed by atoms with van der Waals surface area (Å²) in [7, 11) is 0. The smallest absolute Gasteiger partial charge is 0.358 e. The molecule has 2 heterocycles. The lowest BCUT2D eigenvalue weighted by molar-refractivity contribution is -0.389. The van der Waals surface area contributed by atoms with Gasteiger partial charge in [-0.25, -0.2) is 0 Å². The van der Waals surface area contributed by atoms with E-state index in [-0.39, 0.29) is 5.82 Å². The number of fused-ring (bicyclic) bond motifs is 1. The highest BCUT2D eigenvalue weighted by molar-refractivity contribution is 5.81. The van der Waals surface area contributed by atoms with Crippen molar-refractivity contribution in [3.63, 3.8) is 0 Å². The van der Waals surface area contributed by atoms with Gasteiger partial charge < -0.3 is 14.7 Å². The highest BCUT2D eigenvalue weighted by Gasteiger charge is 2.08. The van der Waals surface area contributed by atoms with Gasteiger partial charge in [0, 0.05) is 12.3 Å². The standard InChI is InChI=1S/C13H9N3O2/c17-16(18)13-6-5-11(9-14-13)15-8-7-10-3-1-2-4-12(10)15/h1-9H. The summed E-state index contributed by atoms with van der Waals surface area (Å²) < 4.78 is 1.95. The average molecular weight is 239 g/mol. The molecule has 0 aliphatic rings. The fraction of sp³-hybridized carbons (Fsp3) is 0. The topological polar surface area (TPSA) is 61.0 Å². The molecule has 88 valence electrons. The van der Waals surface area contributed by atoms with Crippen LogP contribution in [0.4, 0.5) is 5.82 Å². The lowest BCUT2D eigenvalue weighted by atomic mass is 10.2. The molecular weight excluding hydrogens is 230 g/mol. The van der Waals surface area contributed by atoms with Gasteiger partial charge in [0.05, 0.1) is 11.2 Å². The molecule has 0 radical (unpaired) electrons. The number of hydrogen-bond donors (Lipinski definition) is 0. The van der Waals surface area contributed by atoms with E-state index in [2.05, 4.69) is 4.98 Å². The Morgan fingerprint density at radius 1 is 1.11 bits per heavy atom. The molecule has 18 heavy (non-hydrogen) atoms. The summed E-state index contributed by atoms with van der Waals surface area (Å²) in [5.41, 5.74) is 1.86. The van der Waals surface area contributed by atoms with Crippen LogP contribution in [0.5, 0.6) is 0 Å². The predicted molar refractivity (Wildman–Crippen MR) is 67.7 cm³/mol. The average Bonchev–Trinajstić information content (AvgIpc) is 2.82. The number of aromatic nitrogens is 2.